The molecule has 1 aliphatic rings. The summed E-state index contributed by atoms with van der Waals surface area (Å²) in [4.78, 5) is 2.57. The van der Waals surface area contributed by atoms with Crippen LogP contribution in [0.15, 0.2) is 24.3 Å². The molecule has 1 aromatic carbocycles. The summed E-state index contributed by atoms with van der Waals surface area (Å²) in [5, 5.41) is 4.32. The van der Waals surface area contributed by atoms with Crippen molar-refractivity contribution in [3.05, 3.63) is 34.9 Å². The van der Waals surface area contributed by atoms with E-state index in [0.717, 1.165) is 17.5 Å². The molecule has 1 atom stereocenters. The van der Waals surface area contributed by atoms with Gasteiger partial charge in [-0.15, -0.1) is 0 Å². The number of benzene rings is 1. The van der Waals surface area contributed by atoms with Crippen molar-refractivity contribution < 1.29 is 0 Å². The van der Waals surface area contributed by atoms with E-state index in [0.29, 0.717) is 6.04 Å². The number of hydrogen-bond acceptors (Lipinski definition) is 2. The summed E-state index contributed by atoms with van der Waals surface area (Å²) < 4.78 is 0. The topological polar surface area (TPSA) is 15.3 Å². The minimum atomic E-state index is 0.581. The van der Waals surface area contributed by atoms with Crippen LogP contribution in [0.5, 0.6) is 0 Å². The van der Waals surface area contributed by atoms with Crippen molar-refractivity contribution in [1.29, 1.82) is 0 Å². The van der Waals surface area contributed by atoms with Gasteiger partial charge in [0, 0.05) is 24.2 Å². The van der Waals surface area contributed by atoms with Crippen LogP contribution >= 0.6 is 11.6 Å². The molecule has 3 heteroatoms. The molecule has 0 bridgehead atoms. The van der Waals surface area contributed by atoms with Crippen LogP contribution in [-0.2, 0) is 6.54 Å². The molecular formula is C16H25ClN2. The van der Waals surface area contributed by atoms with Gasteiger partial charge >= 0.3 is 0 Å². The highest BCUT2D eigenvalue weighted by molar-refractivity contribution is 6.30. The molecule has 1 heterocycles. The van der Waals surface area contributed by atoms with Gasteiger partial charge in [0.25, 0.3) is 0 Å². The lowest BCUT2D eigenvalue weighted by atomic mass is 9.98. The molecule has 1 N–H and O–H groups in total. The highest BCUT2D eigenvalue weighted by Crippen LogP contribution is 2.17. The van der Waals surface area contributed by atoms with E-state index in [1.165, 1.54) is 38.0 Å². The number of piperidine rings is 1. The highest BCUT2D eigenvalue weighted by Gasteiger charge is 2.18. The molecule has 1 unspecified atom stereocenters. The van der Waals surface area contributed by atoms with Crippen LogP contribution in [-0.4, -0.2) is 30.6 Å². The van der Waals surface area contributed by atoms with E-state index in [1.807, 2.05) is 12.1 Å². The van der Waals surface area contributed by atoms with E-state index in [9.17, 15) is 0 Å². The molecule has 19 heavy (non-hydrogen) atoms. The second-order valence-electron chi connectivity index (χ2n) is 5.86. The Labute approximate surface area is 122 Å². The summed E-state index contributed by atoms with van der Waals surface area (Å²) >= 11 is 5.94. The fourth-order valence-corrected chi connectivity index (χ4v) is 2.82. The normalized spacial score (nSPS) is 20.2. The van der Waals surface area contributed by atoms with E-state index in [1.54, 1.807) is 0 Å². The van der Waals surface area contributed by atoms with Crippen LogP contribution in [0.1, 0.15) is 32.3 Å². The van der Waals surface area contributed by atoms with Gasteiger partial charge in [-0.05, 0) is 63.4 Å². The third kappa shape index (κ3) is 4.79. The van der Waals surface area contributed by atoms with Crippen molar-refractivity contribution in [2.45, 2.75) is 39.3 Å². The molecule has 0 saturated carbocycles. The predicted molar refractivity (Wildman–Crippen MR) is 82.6 cm³/mol. The SMILES string of the molecule is CC(C)N(Cc1ccc(Cl)cc1)CC1CCCNC1. The quantitative estimate of drug-likeness (QED) is 0.887. The van der Waals surface area contributed by atoms with Crippen molar-refractivity contribution in [2.24, 2.45) is 5.92 Å². The van der Waals surface area contributed by atoms with Crippen molar-refractivity contribution >= 4 is 11.6 Å². The molecule has 0 aromatic heterocycles. The Morgan fingerprint density at radius 2 is 2.05 bits per heavy atom. The van der Waals surface area contributed by atoms with E-state index in [4.69, 9.17) is 11.6 Å². The Morgan fingerprint density at radius 3 is 2.63 bits per heavy atom. The Bertz CT molecular complexity index is 369. The summed E-state index contributed by atoms with van der Waals surface area (Å²) in [6.45, 7) is 9.14. The van der Waals surface area contributed by atoms with Gasteiger partial charge in [0.05, 0.1) is 0 Å². The van der Waals surface area contributed by atoms with Gasteiger partial charge in [-0.1, -0.05) is 23.7 Å². The Morgan fingerprint density at radius 1 is 1.32 bits per heavy atom. The molecule has 2 nitrogen and oxygen atoms in total. The lowest BCUT2D eigenvalue weighted by Crippen LogP contribution is -2.40. The zero-order chi connectivity index (χ0) is 13.7. The van der Waals surface area contributed by atoms with Gasteiger partial charge < -0.3 is 5.32 Å². The van der Waals surface area contributed by atoms with Crippen molar-refractivity contribution in [3.8, 4) is 0 Å². The summed E-state index contributed by atoms with van der Waals surface area (Å²) in [5.41, 5.74) is 1.35. The predicted octanol–water partition coefficient (Wildman–Crippen LogP) is 3.55. The number of nitrogens with one attached hydrogen (secondary N) is 1. The second kappa shape index (κ2) is 7.28. The molecule has 2 rings (SSSR count). The molecule has 0 radical (unpaired) electrons. The van der Waals surface area contributed by atoms with Crippen LogP contribution in [0.2, 0.25) is 5.02 Å². The molecular weight excluding hydrogens is 256 g/mol. The van der Waals surface area contributed by atoms with E-state index < -0.39 is 0 Å². The number of halogens is 1. The van der Waals surface area contributed by atoms with Gasteiger partial charge in [-0.3, -0.25) is 4.90 Å². The summed E-state index contributed by atoms with van der Waals surface area (Å²) in [6.07, 6.45) is 2.67. The van der Waals surface area contributed by atoms with Crippen molar-refractivity contribution in [1.82, 2.24) is 10.2 Å². The Balaban J connectivity index is 1.93. The van der Waals surface area contributed by atoms with E-state index in [2.05, 4.69) is 36.2 Å². The number of nitrogens with zero attached hydrogens (tertiary/aromatic N) is 1. The summed E-state index contributed by atoms with van der Waals surface area (Å²) in [5.74, 6) is 0.795. The second-order valence-corrected chi connectivity index (χ2v) is 6.30. The van der Waals surface area contributed by atoms with Gasteiger partial charge in [0.15, 0.2) is 0 Å². The minimum Gasteiger partial charge on any atom is -0.316 e. The molecule has 0 aliphatic carbocycles. The monoisotopic (exact) mass is 280 g/mol. The van der Waals surface area contributed by atoms with E-state index in [-0.39, 0.29) is 0 Å². The highest BCUT2D eigenvalue weighted by atomic mass is 35.5. The van der Waals surface area contributed by atoms with Gasteiger partial charge in [-0.25, -0.2) is 0 Å². The number of rotatable bonds is 5. The maximum atomic E-state index is 5.94. The summed E-state index contributed by atoms with van der Waals surface area (Å²) in [6, 6.07) is 8.82. The maximum absolute atomic E-state index is 5.94. The minimum absolute atomic E-state index is 0.581. The van der Waals surface area contributed by atoms with Gasteiger partial charge in [0.2, 0.25) is 0 Å². The van der Waals surface area contributed by atoms with Gasteiger partial charge in [0.1, 0.15) is 0 Å². The largest absolute Gasteiger partial charge is 0.316 e. The average Bonchev–Trinajstić information content (AvgIpc) is 2.41. The van der Waals surface area contributed by atoms with Crippen LogP contribution in [0.3, 0.4) is 0 Å². The first-order chi connectivity index (χ1) is 9.15. The third-order valence-corrected chi connectivity index (χ3v) is 4.17. The van der Waals surface area contributed by atoms with Gasteiger partial charge in [-0.2, -0.15) is 0 Å². The Kier molecular flexibility index (Phi) is 5.68. The van der Waals surface area contributed by atoms with E-state index >= 15 is 0 Å². The van der Waals surface area contributed by atoms with Crippen LogP contribution in [0.25, 0.3) is 0 Å². The molecule has 1 aromatic rings. The third-order valence-electron chi connectivity index (χ3n) is 3.92. The smallest absolute Gasteiger partial charge is 0.0406 e. The standard InChI is InChI=1S/C16H25ClN2/c1-13(2)19(12-15-4-3-9-18-10-15)11-14-5-7-16(17)8-6-14/h5-8,13,15,18H,3-4,9-12H2,1-2H3. The van der Waals surface area contributed by atoms with Crippen LogP contribution in [0.4, 0.5) is 0 Å². The van der Waals surface area contributed by atoms with Crippen LogP contribution in [0, 0.1) is 5.92 Å². The van der Waals surface area contributed by atoms with Crippen molar-refractivity contribution in [3.63, 3.8) is 0 Å². The lowest BCUT2D eigenvalue weighted by Gasteiger charge is -2.32. The first kappa shape index (κ1) is 14.8. The van der Waals surface area contributed by atoms with Crippen molar-refractivity contribution in [2.75, 3.05) is 19.6 Å². The molecule has 1 aliphatic heterocycles. The Hall–Kier alpha value is -0.570. The molecule has 1 saturated heterocycles. The molecule has 1 fully saturated rings. The number of hydrogen-bond donors (Lipinski definition) is 1. The molecule has 106 valence electrons. The fourth-order valence-electron chi connectivity index (χ4n) is 2.69. The molecule has 0 amide bonds. The van der Waals surface area contributed by atoms with Crippen LogP contribution < -0.4 is 5.32 Å². The fraction of sp³-hybridized carbons (Fsp3) is 0.625. The zero-order valence-electron chi connectivity index (χ0n) is 12.0. The first-order valence-electron chi connectivity index (χ1n) is 7.34. The average molecular weight is 281 g/mol. The molecule has 0 spiro atoms. The maximum Gasteiger partial charge on any atom is 0.0406 e. The lowest BCUT2D eigenvalue weighted by molar-refractivity contribution is 0.164. The summed E-state index contributed by atoms with van der Waals surface area (Å²) in [7, 11) is 0. The zero-order valence-corrected chi connectivity index (χ0v) is 12.8. The first-order valence-corrected chi connectivity index (χ1v) is 7.72.